The Labute approximate surface area is 133 Å². The molecule has 0 aliphatic heterocycles. The second kappa shape index (κ2) is 8.18. The third-order valence-electron chi connectivity index (χ3n) is 4.59. The van der Waals surface area contributed by atoms with Crippen LogP contribution in [0.5, 0.6) is 5.75 Å². The molecule has 1 amide bonds. The molecular formula is C18H29N2O2+. The van der Waals surface area contributed by atoms with Gasteiger partial charge in [-0.1, -0.05) is 19.8 Å². The lowest BCUT2D eigenvalue weighted by molar-refractivity contribution is -0.885. The van der Waals surface area contributed by atoms with Crippen LogP contribution in [0.25, 0.3) is 0 Å². The molecule has 1 aromatic carbocycles. The van der Waals surface area contributed by atoms with Gasteiger partial charge in [-0.05, 0) is 43.0 Å². The number of carbonyl (C=O) groups is 1. The molecule has 0 heterocycles. The van der Waals surface area contributed by atoms with Crippen molar-refractivity contribution in [2.75, 3.05) is 20.7 Å². The van der Waals surface area contributed by atoms with Gasteiger partial charge in [-0.2, -0.15) is 0 Å². The second-order valence-electron chi connectivity index (χ2n) is 6.59. The Kier molecular flexibility index (Phi) is 6.25. The van der Waals surface area contributed by atoms with Crippen LogP contribution in [0.1, 0.15) is 38.2 Å². The number of hydrogen-bond acceptors (Lipinski definition) is 2. The Hall–Kier alpha value is -1.55. The smallest absolute Gasteiger partial charge is 0.275 e. The van der Waals surface area contributed by atoms with Crippen LogP contribution in [-0.4, -0.2) is 32.7 Å². The summed E-state index contributed by atoms with van der Waals surface area (Å²) in [6.45, 7) is 3.62. The fraction of sp³-hybridized carbons (Fsp3) is 0.611. The van der Waals surface area contributed by atoms with Crippen LogP contribution >= 0.6 is 0 Å². The molecule has 0 bridgehead atoms. The van der Waals surface area contributed by atoms with E-state index in [-0.39, 0.29) is 5.91 Å². The molecule has 3 atom stereocenters. The topological polar surface area (TPSA) is 42.8 Å². The number of quaternary nitrogens is 1. The van der Waals surface area contributed by atoms with E-state index in [2.05, 4.69) is 31.4 Å². The van der Waals surface area contributed by atoms with Gasteiger partial charge in [0.15, 0.2) is 6.54 Å². The minimum Gasteiger partial charge on any atom is -0.497 e. The molecule has 0 saturated heterocycles. The highest BCUT2D eigenvalue weighted by atomic mass is 16.5. The average Bonchev–Trinajstić information content (AvgIpc) is 2.50. The third kappa shape index (κ3) is 5.02. The van der Waals surface area contributed by atoms with Gasteiger partial charge in [0.1, 0.15) is 12.3 Å². The molecule has 1 saturated carbocycles. The molecule has 2 rings (SSSR count). The molecule has 1 aliphatic rings. The molecule has 1 aliphatic carbocycles. The first-order valence-corrected chi connectivity index (χ1v) is 8.32. The standard InChI is InChI=1S/C18H28N2O2/c1-14-6-4-5-7-17(14)19-18(21)13-20(2)12-15-8-10-16(22-3)11-9-15/h8-11,14,17H,4-7,12-13H2,1-3H3,(H,19,21)/p+1/t14-,17-/m0/s1. The molecule has 1 unspecified atom stereocenters. The van der Waals surface area contributed by atoms with E-state index >= 15 is 0 Å². The zero-order valence-corrected chi connectivity index (χ0v) is 14.0. The summed E-state index contributed by atoms with van der Waals surface area (Å²) < 4.78 is 5.16. The molecule has 4 heteroatoms. The number of carbonyl (C=O) groups excluding carboxylic acids is 1. The predicted octanol–water partition coefficient (Wildman–Crippen LogP) is 1.40. The van der Waals surface area contributed by atoms with Crippen molar-refractivity contribution < 1.29 is 14.4 Å². The predicted molar refractivity (Wildman–Crippen MR) is 88.0 cm³/mol. The summed E-state index contributed by atoms with van der Waals surface area (Å²) >= 11 is 0. The Morgan fingerprint density at radius 2 is 1.95 bits per heavy atom. The zero-order chi connectivity index (χ0) is 15.9. The lowest BCUT2D eigenvalue weighted by Gasteiger charge is -2.29. The second-order valence-corrected chi connectivity index (χ2v) is 6.59. The first kappa shape index (κ1) is 16.8. The van der Waals surface area contributed by atoms with E-state index in [1.807, 2.05) is 12.1 Å². The highest BCUT2D eigenvalue weighted by Crippen LogP contribution is 2.23. The summed E-state index contributed by atoms with van der Waals surface area (Å²) in [5.74, 6) is 1.65. The Bertz CT molecular complexity index is 472. The molecule has 0 radical (unpaired) electrons. The summed E-state index contributed by atoms with van der Waals surface area (Å²) in [7, 11) is 3.73. The molecule has 22 heavy (non-hydrogen) atoms. The molecule has 1 fully saturated rings. The van der Waals surface area contributed by atoms with Gasteiger partial charge < -0.3 is 15.0 Å². The van der Waals surface area contributed by atoms with Crippen molar-refractivity contribution in [2.45, 2.75) is 45.2 Å². The maximum Gasteiger partial charge on any atom is 0.275 e. The summed E-state index contributed by atoms with van der Waals surface area (Å²) in [6, 6.07) is 8.42. The minimum atomic E-state index is 0.171. The van der Waals surface area contributed by atoms with E-state index in [1.54, 1.807) is 7.11 Å². The Morgan fingerprint density at radius 3 is 2.59 bits per heavy atom. The van der Waals surface area contributed by atoms with Crippen LogP contribution in [0, 0.1) is 5.92 Å². The molecule has 4 nitrogen and oxygen atoms in total. The van der Waals surface area contributed by atoms with Crippen LogP contribution in [0.3, 0.4) is 0 Å². The molecule has 122 valence electrons. The van der Waals surface area contributed by atoms with Crippen LogP contribution in [0.2, 0.25) is 0 Å². The highest BCUT2D eigenvalue weighted by Gasteiger charge is 2.23. The quantitative estimate of drug-likeness (QED) is 0.834. The van der Waals surface area contributed by atoms with Gasteiger partial charge in [-0.3, -0.25) is 4.79 Å². The van der Waals surface area contributed by atoms with E-state index in [4.69, 9.17) is 4.74 Å². The maximum absolute atomic E-state index is 12.2. The largest absolute Gasteiger partial charge is 0.497 e. The minimum absolute atomic E-state index is 0.171. The van der Waals surface area contributed by atoms with E-state index in [9.17, 15) is 4.79 Å². The number of benzene rings is 1. The Balaban J connectivity index is 1.77. The van der Waals surface area contributed by atoms with E-state index in [0.29, 0.717) is 18.5 Å². The number of likely N-dealkylation sites (N-methyl/N-ethyl adjacent to an activating group) is 1. The van der Waals surface area contributed by atoms with Crippen molar-refractivity contribution in [2.24, 2.45) is 5.92 Å². The number of methoxy groups -OCH3 is 1. The first-order valence-electron chi connectivity index (χ1n) is 8.32. The normalized spacial score (nSPS) is 22.9. The third-order valence-corrected chi connectivity index (χ3v) is 4.59. The van der Waals surface area contributed by atoms with Gasteiger partial charge in [-0.25, -0.2) is 0 Å². The van der Waals surface area contributed by atoms with Gasteiger partial charge in [-0.15, -0.1) is 0 Å². The molecular weight excluding hydrogens is 276 g/mol. The van der Waals surface area contributed by atoms with Crippen molar-refractivity contribution >= 4 is 5.91 Å². The lowest BCUT2D eigenvalue weighted by Crippen LogP contribution is -3.09. The van der Waals surface area contributed by atoms with Crippen molar-refractivity contribution in [3.63, 3.8) is 0 Å². The van der Waals surface area contributed by atoms with Crippen LogP contribution in [0.4, 0.5) is 0 Å². The summed E-state index contributed by atoms with van der Waals surface area (Å²) in [4.78, 5) is 13.4. The van der Waals surface area contributed by atoms with Crippen molar-refractivity contribution in [1.29, 1.82) is 0 Å². The van der Waals surface area contributed by atoms with Crippen molar-refractivity contribution in [3.05, 3.63) is 29.8 Å². The molecule has 0 spiro atoms. The maximum atomic E-state index is 12.2. The SMILES string of the molecule is COc1ccc(C[NH+](C)CC(=O)N[C@H]2CCCC[C@@H]2C)cc1. The molecule has 0 aromatic heterocycles. The summed E-state index contributed by atoms with van der Waals surface area (Å²) in [5, 5.41) is 3.22. The number of hydrogen-bond donors (Lipinski definition) is 2. The average molecular weight is 305 g/mol. The first-order chi connectivity index (χ1) is 10.6. The fourth-order valence-corrected chi connectivity index (χ4v) is 3.22. The number of nitrogens with one attached hydrogen (secondary N) is 2. The van der Waals surface area contributed by atoms with E-state index < -0.39 is 0 Å². The van der Waals surface area contributed by atoms with Gasteiger partial charge in [0, 0.05) is 11.6 Å². The molecule has 2 N–H and O–H groups in total. The summed E-state index contributed by atoms with van der Waals surface area (Å²) in [5.41, 5.74) is 1.22. The monoisotopic (exact) mass is 305 g/mol. The molecule has 1 aromatic rings. The lowest BCUT2D eigenvalue weighted by atomic mass is 9.86. The van der Waals surface area contributed by atoms with E-state index in [0.717, 1.165) is 18.7 Å². The van der Waals surface area contributed by atoms with Gasteiger partial charge >= 0.3 is 0 Å². The zero-order valence-electron chi connectivity index (χ0n) is 14.0. The van der Waals surface area contributed by atoms with Crippen LogP contribution in [-0.2, 0) is 11.3 Å². The summed E-state index contributed by atoms with van der Waals surface area (Å²) in [6.07, 6.45) is 4.91. The fourth-order valence-electron chi connectivity index (χ4n) is 3.22. The van der Waals surface area contributed by atoms with Gasteiger partial charge in [0.05, 0.1) is 14.2 Å². The van der Waals surface area contributed by atoms with Crippen molar-refractivity contribution in [1.82, 2.24) is 5.32 Å². The highest BCUT2D eigenvalue weighted by molar-refractivity contribution is 5.77. The van der Waals surface area contributed by atoms with Crippen LogP contribution in [0.15, 0.2) is 24.3 Å². The van der Waals surface area contributed by atoms with Gasteiger partial charge in [0.2, 0.25) is 0 Å². The van der Waals surface area contributed by atoms with Gasteiger partial charge in [0.25, 0.3) is 5.91 Å². The number of ether oxygens (including phenoxy) is 1. The Morgan fingerprint density at radius 1 is 1.27 bits per heavy atom. The number of rotatable bonds is 6. The van der Waals surface area contributed by atoms with Crippen LogP contribution < -0.4 is 15.0 Å². The van der Waals surface area contributed by atoms with Crippen molar-refractivity contribution in [3.8, 4) is 5.75 Å². The number of amides is 1. The van der Waals surface area contributed by atoms with E-state index in [1.165, 1.54) is 29.7 Å².